The molecule has 0 saturated carbocycles. The van der Waals surface area contributed by atoms with Gasteiger partial charge in [0.15, 0.2) is 5.54 Å². The molecular weight excluding hydrogens is 464 g/mol. The summed E-state index contributed by atoms with van der Waals surface area (Å²) < 4.78 is 27.3. The average Bonchev–Trinajstić information content (AvgIpc) is 3.16. The van der Waals surface area contributed by atoms with Crippen LogP contribution in [-0.2, 0) is 20.4 Å². The van der Waals surface area contributed by atoms with Gasteiger partial charge in [-0.2, -0.15) is 4.31 Å². The summed E-state index contributed by atoms with van der Waals surface area (Å²) in [5, 5.41) is 2.95. The van der Waals surface area contributed by atoms with Crippen LogP contribution in [0.15, 0.2) is 95.9 Å². The number of nitrogens with zero attached hydrogens (tertiary/aromatic N) is 3. The minimum Gasteiger partial charge on any atom is -0.315 e. The number of hydrogen-bond acceptors (Lipinski definition) is 5. The molecule has 8 nitrogen and oxygen atoms in total. The first kappa shape index (κ1) is 23.2. The highest BCUT2D eigenvalue weighted by Crippen LogP contribution is 2.36. The van der Waals surface area contributed by atoms with E-state index in [0.29, 0.717) is 24.2 Å². The molecule has 3 aromatic rings. The van der Waals surface area contributed by atoms with Gasteiger partial charge in [-0.1, -0.05) is 78.9 Å². The van der Waals surface area contributed by atoms with Crippen molar-refractivity contribution in [2.45, 2.75) is 10.4 Å². The Morgan fingerprint density at radius 1 is 0.714 bits per heavy atom. The minimum absolute atomic E-state index is 0.0886. The molecular formula is C26H26N4O4S. The normalized spacial score (nSPS) is 19.0. The summed E-state index contributed by atoms with van der Waals surface area (Å²) in [6.07, 6.45) is 0. The number of imide groups is 1. The van der Waals surface area contributed by atoms with Crippen molar-refractivity contribution in [1.29, 1.82) is 0 Å². The van der Waals surface area contributed by atoms with E-state index in [-0.39, 0.29) is 30.6 Å². The Morgan fingerprint density at radius 2 is 1.20 bits per heavy atom. The molecule has 0 unspecified atom stereocenters. The third kappa shape index (κ3) is 4.12. The summed E-state index contributed by atoms with van der Waals surface area (Å²) in [5.41, 5.74) is 0.0644. The van der Waals surface area contributed by atoms with Crippen LogP contribution in [0.5, 0.6) is 0 Å². The van der Waals surface area contributed by atoms with Crippen LogP contribution in [0.25, 0.3) is 0 Å². The van der Waals surface area contributed by atoms with Crippen molar-refractivity contribution >= 4 is 22.0 Å². The number of urea groups is 1. The maximum Gasteiger partial charge on any atom is 0.326 e. The van der Waals surface area contributed by atoms with Crippen LogP contribution >= 0.6 is 0 Å². The zero-order valence-corrected chi connectivity index (χ0v) is 19.9. The third-order valence-electron chi connectivity index (χ3n) is 6.57. The van der Waals surface area contributed by atoms with Crippen LogP contribution in [0.1, 0.15) is 11.1 Å². The first-order chi connectivity index (χ1) is 16.9. The van der Waals surface area contributed by atoms with Gasteiger partial charge in [0.1, 0.15) is 0 Å². The number of sulfonamides is 1. The highest BCUT2D eigenvalue weighted by Gasteiger charge is 2.54. The van der Waals surface area contributed by atoms with Gasteiger partial charge >= 0.3 is 6.03 Å². The predicted octanol–water partition coefficient (Wildman–Crippen LogP) is 2.45. The van der Waals surface area contributed by atoms with Crippen molar-refractivity contribution in [2.24, 2.45) is 0 Å². The van der Waals surface area contributed by atoms with E-state index in [9.17, 15) is 18.0 Å². The zero-order chi connectivity index (χ0) is 24.5. The monoisotopic (exact) mass is 490 g/mol. The Bertz CT molecular complexity index is 1270. The first-order valence-electron chi connectivity index (χ1n) is 11.5. The molecule has 0 bridgehead atoms. The van der Waals surface area contributed by atoms with Crippen LogP contribution in [0.4, 0.5) is 4.79 Å². The molecule has 1 N–H and O–H groups in total. The Kier molecular flexibility index (Phi) is 6.14. The van der Waals surface area contributed by atoms with Crippen LogP contribution in [0, 0.1) is 0 Å². The van der Waals surface area contributed by atoms with Gasteiger partial charge in [-0.25, -0.2) is 18.1 Å². The number of nitrogens with one attached hydrogen (secondary N) is 1. The smallest absolute Gasteiger partial charge is 0.315 e. The molecule has 0 radical (unpaired) electrons. The van der Waals surface area contributed by atoms with E-state index in [4.69, 9.17) is 0 Å². The minimum atomic E-state index is -3.58. The molecule has 3 aromatic carbocycles. The van der Waals surface area contributed by atoms with Crippen LogP contribution in [0.2, 0.25) is 0 Å². The second kappa shape index (κ2) is 9.26. The summed E-state index contributed by atoms with van der Waals surface area (Å²) in [6, 6.07) is 26.3. The lowest BCUT2D eigenvalue weighted by atomic mass is 9.83. The zero-order valence-electron chi connectivity index (χ0n) is 19.1. The molecule has 2 aliphatic rings. The molecule has 0 atom stereocenters. The Balaban J connectivity index is 1.34. The van der Waals surface area contributed by atoms with Crippen molar-refractivity contribution in [3.05, 3.63) is 102 Å². The van der Waals surface area contributed by atoms with E-state index < -0.39 is 21.6 Å². The van der Waals surface area contributed by atoms with Crippen molar-refractivity contribution in [3.8, 4) is 0 Å². The van der Waals surface area contributed by atoms with Crippen molar-refractivity contribution in [3.63, 3.8) is 0 Å². The molecule has 35 heavy (non-hydrogen) atoms. The second-order valence-corrected chi connectivity index (χ2v) is 10.6. The number of rotatable bonds is 6. The number of amides is 3. The summed E-state index contributed by atoms with van der Waals surface area (Å²) in [4.78, 5) is 30.3. The molecule has 0 aromatic heterocycles. The molecule has 2 heterocycles. The predicted molar refractivity (Wildman–Crippen MR) is 131 cm³/mol. The molecule has 9 heteroatoms. The molecule has 3 amide bonds. The van der Waals surface area contributed by atoms with E-state index in [1.165, 1.54) is 9.21 Å². The summed E-state index contributed by atoms with van der Waals surface area (Å²) in [5.74, 6) is -0.348. The maximum atomic E-state index is 13.8. The highest BCUT2D eigenvalue weighted by atomic mass is 32.2. The van der Waals surface area contributed by atoms with Gasteiger partial charge < -0.3 is 5.32 Å². The van der Waals surface area contributed by atoms with Gasteiger partial charge in [-0.3, -0.25) is 9.69 Å². The Morgan fingerprint density at radius 3 is 1.71 bits per heavy atom. The summed E-state index contributed by atoms with van der Waals surface area (Å²) in [7, 11) is -3.58. The molecule has 5 rings (SSSR count). The summed E-state index contributed by atoms with van der Waals surface area (Å²) >= 11 is 0. The van der Waals surface area contributed by atoms with Crippen LogP contribution in [0.3, 0.4) is 0 Å². The number of piperazine rings is 1. The van der Waals surface area contributed by atoms with Crippen molar-refractivity contribution in [1.82, 2.24) is 19.4 Å². The fraction of sp³-hybridized carbons (Fsp3) is 0.231. The lowest BCUT2D eigenvalue weighted by molar-refractivity contribution is -0.132. The standard InChI is InChI=1S/C26H26N4O4S/c31-24-26(21-10-4-1-5-11-21,22-12-6-2-7-13-22)27-25(32)30(24)20-28-16-18-29(19-17-28)35(33,34)23-14-8-3-9-15-23/h1-15H,16-20H2,(H,27,32). The topological polar surface area (TPSA) is 90.0 Å². The fourth-order valence-electron chi connectivity index (χ4n) is 4.69. The first-order valence-corrected chi connectivity index (χ1v) is 12.9. The van der Waals surface area contributed by atoms with E-state index >= 15 is 0 Å². The van der Waals surface area contributed by atoms with E-state index in [2.05, 4.69) is 5.32 Å². The Hall–Kier alpha value is -3.53. The SMILES string of the molecule is O=C1NC(c2ccccc2)(c2ccccc2)C(=O)N1CN1CCN(S(=O)(=O)c2ccccc2)CC1. The number of hydrogen-bond donors (Lipinski definition) is 1. The molecule has 2 aliphatic heterocycles. The third-order valence-corrected chi connectivity index (χ3v) is 8.49. The van der Waals surface area contributed by atoms with Gasteiger partial charge in [0.05, 0.1) is 11.6 Å². The quantitative estimate of drug-likeness (QED) is 0.536. The lowest BCUT2D eigenvalue weighted by Crippen LogP contribution is -2.53. The lowest BCUT2D eigenvalue weighted by Gasteiger charge is -2.35. The number of carbonyl (C=O) groups is 2. The van der Waals surface area contributed by atoms with Gasteiger partial charge in [0.25, 0.3) is 5.91 Å². The van der Waals surface area contributed by atoms with Gasteiger partial charge in [-0.15, -0.1) is 0 Å². The van der Waals surface area contributed by atoms with Gasteiger partial charge in [-0.05, 0) is 23.3 Å². The van der Waals surface area contributed by atoms with Crippen LogP contribution in [-0.4, -0.2) is 67.3 Å². The van der Waals surface area contributed by atoms with E-state index in [0.717, 1.165) is 0 Å². The average molecular weight is 491 g/mol. The van der Waals surface area contributed by atoms with Crippen molar-refractivity contribution < 1.29 is 18.0 Å². The molecule has 0 spiro atoms. The molecule has 2 saturated heterocycles. The molecule has 180 valence electrons. The maximum absolute atomic E-state index is 13.8. The second-order valence-electron chi connectivity index (χ2n) is 8.62. The fourth-order valence-corrected chi connectivity index (χ4v) is 6.13. The van der Waals surface area contributed by atoms with Gasteiger partial charge in [0.2, 0.25) is 10.0 Å². The number of carbonyl (C=O) groups excluding carboxylic acids is 2. The molecule has 0 aliphatic carbocycles. The highest BCUT2D eigenvalue weighted by molar-refractivity contribution is 7.89. The van der Waals surface area contributed by atoms with E-state index in [1.807, 2.05) is 65.6 Å². The van der Waals surface area contributed by atoms with E-state index in [1.54, 1.807) is 30.3 Å². The van der Waals surface area contributed by atoms with Gasteiger partial charge in [0, 0.05) is 26.2 Å². The molecule has 2 fully saturated rings. The van der Waals surface area contributed by atoms with Crippen molar-refractivity contribution in [2.75, 3.05) is 32.8 Å². The summed E-state index contributed by atoms with van der Waals surface area (Å²) in [6.45, 7) is 1.47. The number of benzene rings is 3. The van der Waals surface area contributed by atoms with Crippen LogP contribution < -0.4 is 5.32 Å². The largest absolute Gasteiger partial charge is 0.326 e. The Labute approximate surface area is 204 Å².